The number of halogens is 2. The van der Waals surface area contributed by atoms with Crippen molar-refractivity contribution in [3.63, 3.8) is 0 Å². The minimum Gasteiger partial charge on any atom is -0.293 e. The van der Waals surface area contributed by atoms with Crippen LogP contribution in [0, 0.1) is 13.8 Å². The number of hydrogen-bond donors (Lipinski definition) is 0. The van der Waals surface area contributed by atoms with Crippen molar-refractivity contribution in [3.05, 3.63) is 70.8 Å². The summed E-state index contributed by atoms with van der Waals surface area (Å²) in [4.78, 5) is 12.1. The third-order valence-corrected chi connectivity index (χ3v) is 5.95. The lowest BCUT2D eigenvalue weighted by molar-refractivity contribution is 0.0991. The van der Waals surface area contributed by atoms with Crippen LogP contribution in [0.2, 0.25) is 0 Å². The van der Waals surface area contributed by atoms with E-state index in [2.05, 4.69) is 50.9 Å². The van der Waals surface area contributed by atoms with Gasteiger partial charge in [-0.15, -0.1) is 0 Å². The van der Waals surface area contributed by atoms with Gasteiger partial charge >= 0.3 is 0 Å². The molecule has 0 aliphatic carbocycles. The van der Waals surface area contributed by atoms with E-state index >= 15 is 0 Å². The van der Waals surface area contributed by atoms with Gasteiger partial charge in [-0.1, -0.05) is 91.5 Å². The Morgan fingerprint density at radius 2 is 1.30 bits per heavy atom. The molecule has 0 unspecified atom stereocenters. The Labute approximate surface area is 136 Å². The van der Waals surface area contributed by atoms with Crippen molar-refractivity contribution in [2.45, 2.75) is 23.5 Å². The Morgan fingerprint density at radius 3 is 1.80 bits per heavy atom. The average Bonchev–Trinajstić information content (AvgIpc) is 2.46. The first kappa shape index (κ1) is 15.5. The van der Waals surface area contributed by atoms with Gasteiger partial charge in [0.1, 0.15) is 0 Å². The topological polar surface area (TPSA) is 17.1 Å². The second-order valence-corrected chi connectivity index (χ2v) is 6.92. The molecule has 104 valence electrons. The predicted molar refractivity (Wildman–Crippen MR) is 91.1 cm³/mol. The van der Waals surface area contributed by atoms with E-state index in [1.807, 2.05) is 43.3 Å². The van der Waals surface area contributed by atoms with Crippen LogP contribution >= 0.6 is 31.9 Å². The number of rotatable bonds is 4. The Bertz CT molecular complexity index is 587. The first-order valence-electron chi connectivity index (χ1n) is 6.44. The zero-order chi connectivity index (χ0) is 14.7. The van der Waals surface area contributed by atoms with E-state index in [0.717, 1.165) is 16.7 Å². The summed E-state index contributed by atoms with van der Waals surface area (Å²) in [6.07, 6.45) is 0. The van der Waals surface area contributed by atoms with E-state index < -0.39 is 0 Å². The molecule has 2 rings (SSSR count). The molecule has 0 aromatic heterocycles. The Hall–Kier alpha value is -0.930. The van der Waals surface area contributed by atoms with E-state index in [0.29, 0.717) is 0 Å². The van der Waals surface area contributed by atoms with E-state index in [-0.39, 0.29) is 15.4 Å². The van der Waals surface area contributed by atoms with Gasteiger partial charge in [-0.05, 0) is 19.4 Å². The largest absolute Gasteiger partial charge is 0.293 e. The number of alkyl halides is 2. The Kier molecular flexibility index (Phi) is 5.17. The van der Waals surface area contributed by atoms with E-state index in [4.69, 9.17) is 0 Å². The highest BCUT2D eigenvalue weighted by Gasteiger charge is 2.25. The third kappa shape index (κ3) is 3.58. The smallest absolute Gasteiger partial charge is 0.177 e. The van der Waals surface area contributed by atoms with Crippen molar-refractivity contribution < 1.29 is 4.79 Å². The van der Waals surface area contributed by atoms with Gasteiger partial charge in [-0.2, -0.15) is 0 Å². The van der Waals surface area contributed by atoms with Gasteiger partial charge in [-0.25, -0.2) is 0 Å². The van der Waals surface area contributed by atoms with Crippen LogP contribution in [-0.4, -0.2) is 10.6 Å². The molecule has 20 heavy (non-hydrogen) atoms. The lowest BCUT2D eigenvalue weighted by atomic mass is 10.0. The summed E-state index contributed by atoms with van der Waals surface area (Å²) in [5, 5.41) is 0. The molecule has 2 atom stereocenters. The quantitative estimate of drug-likeness (QED) is 0.501. The lowest BCUT2D eigenvalue weighted by Gasteiger charge is -2.16. The van der Waals surface area contributed by atoms with Crippen LogP contribution in [0.1, 0.15) is 31.9 Å². The summed E-state index contributed by atoms with van der Waals surface area (Å²) in [5.74, 6) is 0.0902. The van der Waals surface area contributed by atoms with Gasteiger partial charge < -0.3 is 0 Å². The molecule has 0 fully saturated rings. The molecule has 0 heterocycles. The number of benzene rings is 2. The molecule has 1 nitrogen and oxygen atoms in total. The van der Waals surface area contributed by atoms with E-state index in [9.17, 15) is 4.79 Å². The average molecular weight is 396 g/mol. The van der Waals surface area contributed by atoms with Crippen LogP contribution in [0.5, 0.6) is 0 Å². The Morgan fingerprint density at radius 1 is 0.850 bits per heavy atom. The molecule has 0 radical (unpaired) electrons. The maximum Gasteiger partial charge on any atom is 0.177 e. The standard InChI is InChI=1S/C17H16Br2O/c1-11-3-7-13(8-4-11)15(18)16(19)17(20)14-9-5-12(2)6-10-14/h3-10,15-16H,1-2H3/t15-,16+/m0/s1. The molecule has 0 saturated heterocycles. The fourth-order valence-electron chi connectivity index (χ4n) is 1.93. The van der Waals surface area contributed by atoms with Crippen molar-refractivity contribution in [1.29, 1.82) is 0 Å². The highest BCUT2D eigenvalue weighted by Crippen LogP contribution is 2.33. The molecule has 0 aliphatic rings. The first-order valence-corrected chi connectivity index (χ1v) is 8.28. The Balaban J connectivity index is 2.17. The number of ketones is 1. The maximum atomic E-state index is 12.5. The van der Waals surface area contributed by atoms with Crippen LogP contribution in [-0.2, 0) is 0 Å². The minimum atomic E-state index is -0.284. The number of Topliss-reactive ketones (excluding diaryl/α,β-unsaturated/α-hetero) is 1. The van der Waals surface area contributed by atoms with Gasteiger partial charge in [0.15, 0.2) is 5.78 Å². The molecule has 3 heteroatoms. The molecule has 0 aliphatic heterocycles. The fraction of sp³-hybridized carbons (Fsp3) is 0.235. The zero-order valence-electron chi connectivity index (χ0n) is 11.4. The zero-order valence-corrected chi connectivity index (χ0v) is 14.6. The SMILES string of the molecule is Cc1ccc(C(=O)[C@H](Br)[C@@H](Br)c2ccc(C)cc2)cc1. The monoisotopic (exact) mass is 394 g/mol. The summed E-state index contributed by atoms with van der Waals surface area (Å²) in [5.41, 5.74) is 4.19. The van der Waals surface area contributed by atoms with Gasteiger partial charge in [0.2, 0.25) is 0 Å². The van der Waals surface area contributed by atoms with Crippen LogP contribution in [0.25, 0.3) is 0 Å². The molecular weight excluding hydrogens is 380 g/mol. The van der Waals surface area contributed by atoms with Crippen molar-refractivity contribution in [1.82, 2.24) is 0 Å². The molecule has 2 aromatic rings. The minimum absolute atomic E-state index is 0.0445. The summed E-state index contributed by atoms with van der Waals surface area (Å²) < 4.78 is 0. The summed E-state index contributed by atoms with van der Waals surface area (Å²) in [6, 6.07) is 15.9. The highest BCUT2D eigenvalue weighted by atomic mass is 79.9. The van der Waals surface area contributed by atoms with Crippen molar-refractivity contribution in [2.75, 3.05) is 0 Å². The highest BCUT2D eigenvalue weighted by molar-refractivity contribution is 9.12. The second-order valence-electron chi connectivity index (χ2n) is 4.94. The van der Waals surface area contributed by atoms with Crippen molar-refractivity contribution in [2.24, 2.45) is 0 Å². The van der Waals surface area contributed by atoms with Crippen molar-refractivity contribution >= 4 is 37.6 Å². The molecular formula is C17H16Br2O. The molecule has 0 saturated carbocycles. The van der Waals surface area contributed by atoms with Gasteiger partial charge in [0.05, 0.1) is 9.65 Å². The van der Waals surface area contributed by atoms with Crippen LogP contribution in [0.15, 0.2) is 48.5 Å². The van der Waals surface area contributed by atoms with Crippen molar-refractivity contribution in [3.8, 4) is 0 Å². The number of aryl methyl sites for hydroxylation is 2. The number of hydrogen-bond acceptors (Lipinski definition) is 1. The lowest BCUT2D eigenvalue weighted by Crippen LogP contribution is -2.19. The summed E-state index contributed by atoms with van der Waals surface area (Å²) in [7, 11) is 0. The maximum absolute atomic E-state index is 12.5. The molecule has 0 spiro atoms. The van der Waals surface area contributed by atoms with Gasteiger partial charge in [0.25, 0.3) is 0 Å². The number of carbonyl (C=O) groups is 1. The normalized spacial score (nSPS) is 13.8. The molecule has 0 amide bonds. The van der Waals surface area contributed by atoms with Gasteiger partial charge in [0, 0.05) is 5.56 Å². The third-order valence-electron chi connectivity index (χ3n) is 3.24. The second kappa shape index (κ2) is 6.68. The number of carbonyl (C=O) groups excluding carboxylic acids is 1. The predicted octanol–water partition coefficient (Wildman–Crippen LogP) is 5.39. The van der Waals surface area contributed by atoms with Crippen LogP contribution < -0.4 is 0 Å². The van der Waals surface area contributed by atoms with E-state index in [1.165, 1.54) is 5.56 Å². The first-order chi connectivity index (χ1) is 9.49. The van der Waals surface area contributed by atoms with Gasteiger partial charge in [-0.3, -0.25) is 4.79 Å². The molecule has 0 N–H and O–H groups in total. The van der Waals surface area contributed by atoms with E-state index in [1.54, 1.807) is 0 Å². The summed E-state index contributed by atoms with van der Waals surface area (Å²) in [6.45, 7) is 4.07. The summed E-state index contributed by atoms with van der Waals surface area (Å²) >= 11 is 7.14. The fourth-order valence-corrected chi connectivity index (χ4v) is 3.04. The van der Waals surface area contributed by atoms with Crippen LogP contribution in [0.3, 0.4) is 0 Å². The molecule has 2 aromatic carbocycles. The molecule has 0 bridgehead atoms. The van der Waals surface area contributed by atoms with Crippen LogP contribution in [0.4, 0.5) is 0 Å².